The topological polar surface area (TPSA) is 36.3 Å². The van der Waals surface area contributed by atoms with Gasteiger partial charge in [0.2, 0.25) is 0 Å². The molecule has 0 spiro atoms. The third kappa shape index (κ3) is 5.21. The van der Waals surface area contributed by atoms with Gasteiger partial charge in [-0.3, -0.25) is 0 Å². The molecule has 0 aliphatic carbocycles. The van der Waals surface area contributed by atoms with Crippen molar-refractivity contribution in [1.29, 1.82) is 5.26 Å². The Morgan fingerprint density at radius 3 is 2.57 bits per heavy atom. The van der Waals surface area contributed by atoms with Crippen molar-refractivity contribution >= 4 is 21.6 Å². The third-order valence-corrected chi connectivity index (χ3v) is 3.57. The molecule has 0 aliphatic heterocycles. The summed E-state index contributed by atoms with van der Waals surface area (Å²) in [5.41, 5.74) is -0.0500. The first-order valence-electron chi connectivity index (χ1n) is 6.31. The Kier molecular flexibility index (Phi) is 6.99. The van der Waals surface area contributed by atoms with Gasteiger partial charge in [-0.1, -0.05) is 22.0 Å². The molecule has 1 aromatic carbocycles. The van der Waals surface area contributed by atoms with Gasteiger partial charge in [0.25, 0.3) is 0 Å². The van der Waals surface area contributed by atoms with E-state index in [1.54, 1.807) is 6.07 Å². The minimum atomic E-state index is -4.44. The van der Waals surface area contributed by atoms with Crippen LogP contribution in [0.2, 0.25) is 0 Å². The SMILES string of the molecule is COCCN(CCC#N)c1ccc(CBr)cc1C(F)(F)F. The second kappa shape index (κ2) is 8.25. The number of nitriles is 1. The summed E-state index contributed by atoms with van der Waals surface area (Å²) in [6.45, 7) is 0.828. The zero-order valence-corrected chi connectivity index (χ0v) is 13.2. The van der Waals surface area contributed by atoms with Gasteiger partial charge in [0.1, 0.15) is 0 Å². The van der Waals surface area contributed by atoms with Crippen LogP contribution in [0.5, 0.6) is 0 Å². The van der Waals surface area contributed by atoms with Gasteiger partial charge in [-0.15, -0.1) is 0 Å². The van der Waals surface area contributed by atoms with E-state index in [2.05, 4.69) is 15.9 Å². The Balaban J connectivity index is 3.19. The largest absolute Gasteiger partial charge is 0.418 e. The maximum atomic E-state index is 13.2. The molecule has 0 saturated heterocycles. The van der Waals surface area contributed by atoms with Crippen molar-refractivity contribution in [3.8, 4) is 6.07 Å². The molecule has 1 rings (SSSR count). The van der Waals surface area contributed by atoms with Gasteiger partial charge in [0.05, 0.1) is 24.7 Å². The Hall–Kier alpha value is -1.26. The average Bonchev–Trinajstić information content (AvgIpc) is 2.46. The molecular weight excluding hydrogens is 349 g/mol. The lowest BCUT2D eigenvalue weighted by atomic mass is 10.1. The van der Waals surface area contributed by atoms with Crippen molar-refractivity contribution < 1.29 is 17.9 Å². The van der Waals surface area contributed by atoms with Gasteiger partial charge in [0, 0.05) is 31.2 Å². The first kappa shape index (κ1) is 17.8. The number of methoxy groups -OCH3 is 1. The lowest BCUT2D eigenvalue weighted by molar-refractivity contribution is -0.137. The molecule has 0 bridgehead atoms. The maximum absolute atomic E-state index is 13.2. The monoisotopic (exact) mass is 364 g/mol. The van der Waals surface area contributed by atoms with Crippen molar-refractivity contribution in [1.82, 2.24) is 0 Å². The van der Waals surface area contributed by atoms with Crippen LogP contribution in [0.15, 0.2) is 18.2 Å². The van der Waals surface area contributed by atoms with Gasteiger partial charge < -0.3 is 9.64 Å². The van der Waals surface area contributed by atoms with E-state index in [9.17, 15) is 13.2 Å². The van der Waals surface area contributed by atoms with Crippen LogP contribution < -0.4 is 4.90 Å². The van der Waals surface area contributed by atoms with Crippen LogP contribution in [0, 0.1) is 11.3 Å². The number of benzene rings is 1. The summed E-state index contributed by atoms with van der Waals surface area (Å²) >= 11 is 3.16. The summed E-state index contributed by atoms with van der Waals surface area (Å²) in [6, 6.07) is 6.18. The lowest BCUT2D eigenvalue weighted by Gasteiger charge is -2.27. The molecule has 116 valence electrons. The molecule has 0 saturated carbocycles. The highest BCUT2D eigenvalue weighted by Crippen LogP contribution is 2.37. The smallest absolute Gasteiger partial charge is 0.383 e. The lowest BCUT2D eigenvalue weighted by Crippen LogP contribution is -2.30. The minimum absolute atomic E-state index is 0.0829. The second-order valence-corrected chi connectivity index (χ2v) is 4.93. The fourth-order valence-electron chi connectivity index (χ4n) is 1.91. The number of hydrogen-bond donors (Lipinski definition) is 0. The number of ether oxygens (including phenoxy) is 1. The third-order valence-electron chi connectivity index (χ3n) is 2.92. The van der Waals surface area contributed by atoms with Crippen LogP contribution in [0.3, 0.4) is 0 Å². The molecule has 0 N–H and O–H groups in total. The summed E-state index contributed by atoms with van der Waals surface area (Å²) in [7, 11) is 1.49. The molecular formula is C14H16BrF3N2O. The highest BCUT2D eigenvalue weighted by Gasteiger charge is 2.35. The van der Waals surface area contributed by atoms with Crippen LogP contribution in [0.25, 0.3) is 0 Å². The summed E-state index contributed by atoms with van der Waals surface area (Å²) in [6.07, 6.45) is -4.29. The van der Waals surface area contributed by atoms with Crippen LogP contribution in [0.1, 0.15) is 17.5 Å². The van der Waals surface area contributed by atoms with E-state index in [-0.39, 0.29) is 18.7 Å². The predicted molar refractivity (Wildman–Crippen MR) is 78.4 cm³/mol. The number of rotatable bonds is 7. The fourth-order valence-corrected chi connectivity index (χ4v) is 2.26. The molecule has 0 fully saturated rings. The Bertz CT molecular complexity index is 500. The summed E-state index contributed by atoms with van der Waals surface area (Å²) in [4.78, 5) is 1.54. The van der Waals surface area contributed by atoms with Gasteiger partial charge >= 0.3 is 6.18 Å². The highest BCUT2D eigenvalue weighted by atomic mass is 79.9. The maximum Gasteiger partial charge on any atom is 0.418 e. The van der Waals surface area contributed by atoms with E-state index in [1.165, 1.54) is 18.1 Å². The van der Waals surface area contributed by atoms with Crippen molar-refractivity contribution in [2.75, 3.05) is 31.7 Å². The number of anilines is 1. The van der Waals surface area contributed by atoms with Crippen molar-refractivity contribution in [3.05, 3.63) is 29.3 Å². The zero-order chi connectivity index (χ0) is 15.9. The van der Waals surface area contributed by atoms with E-state index in [0.717, 1.165) is 6.07 Å². The van der Waals surface area contributed by atoms with Gasteiger partial charge in [-0.25, -0.2) is 0 Å². The molecule has 21 heavy (non-hydrogen) atoms. The Labute approximate surface area is 130 Å². The molecule has 1 aromatic rings. The van der Waals surface area contributed by atoms with E-state index in [1.807, 2.05) is 6.07 Å². The van der Waals surface area contributed by atoms with Gasteiger partial charge in [0.15, 0.2) is 0 Å². The number of nitrogens with zero attached hydrogens (tertiary/aromatic N) is 2. The van der Waals surface area contributed by atoms with E-state index in [4.69, 9.17) is 10.00 Å². The molecule has 0 atom stereocenters. The summed E-state index contributed by atoms with van der Waals surface area (Å²) < 4.78 is 44.6. The first-order valence-corrected chi connectivity index (χ1v) is 7.43. The molecule has 0 unspecified atom stereocenters. The molecule has 0 amide bonds. The Morgan fingerprint density at radius 2 is 2.05 bits per heavy atom. The minimum Gasteiger partial charge on any atom is -0.383 e. The van der Waals surface area contributed by atoms with E-state index >= 15 is 0 Å². The van der Waals surface area contributed by atoms with Crippen LogP contribution in [0.4, 0.5) is 18.9 Å². The molecule has 0 heterocycles. The van der Waals surface area contributed by atoms with E-state index < -0.39 is 11.7 Å². The molecule has 0 aromatic heterocycles. The van der Waals surface area contributed by atoms with Crippen LogP contribution in [-0.2, 0) is 16.2 Å². The number of halogens is 4. The van der Waals surface area contributed by atoms with E-state index in [0.29, 0.717) is 24.0 Å². The predicted octanol–water partition coefficient (Wildman–Crippen LogP) is 3.97. The number of alkyl halides is 4. The summed E-state index contributed by atoms with van der Waals surface area (Å²) in [5.74, 6) is 0. The van der Waals surface area contributed by atoms with Crippen LogP contribution in [-0.4, -0.2) is 26.8 Å². The molecule has 7 heteroatoms. The van der Waals surface area contributed by atoms with Crippen molar-refractivity contribution in [3.63, 3.8) is 0 Å². The van der Waals surface area contributed by atoms with Gasteiger partial charge in [-0.05, 0) is 17.7 Å². The second-order valence-electron chi connectivity index (χ2n) is 4.37. The van der Waals surface area contributed by atoms with Crippen LogP contribution >= 0.6 is 15.9 Å². The molecule has 3 nitrogen and oxygen atoms in total. The fraction of sp³-hybridized carbons (Fsp3) is 0.500. The normalized spacial score (nSPS) is 11.2. The first-order chi connectivity index (χ1) is 9.93. The van der Waals surface area contributed by atoms with Crippen molar-refractivity contribution in [2.24, 2.45) is 0 Å². The zero-order valence-electron chi connectivity index (χ0n) is 11.6. The average molecular weight is 365 g/mol. The quantitative estimate of drug-likeness (QED) is 0.687. The summed E-state index contributed by atoms with van der Waals surface area (Å²) in [5, 5.41) is 9.02. The molecule has 0 aliphatic rings. The number of hydrogen-bond acceptors (Lipinski definition) is 3. The molecule has 0 radical (unpaired) electrons. The Morgan fingerprint density at radius 1 is 1.33 bits per heavy atom. The standard InChI is InChI=1S/C14H16BrF3N2O/c1-21-8-7-20(6-2-5-19)13-4-3-11(10-15)9-12(13)14(16,17)18/h3-4,9H,2,6-8,10H2,1H3. The van der Waals surface area contributed by atoms with Gasteiger partial charge in [-0.2, -0.15) is 18.4 Å². The van der Waals surface area contributed by atoms with Crippen molar-refractivity contribution in [2.45, 2.75) is 17.9 Å². The highest BCUT2D eigenvalue weighted by molar-refractivity contribution is 9.08.